The van der Waals surface area contributed by atoms with E-state index in [1.165, 1.54) is 19.3 Å². The zero-order valence-electron chi connectivity index (χ0n) is 12.5. The summed E-state index contributed by atoms with van der Waals surface area (Å²) < 4.78 is 0. The summed E-state index contributed by atoms with van der Waals surface area (Å²) in [6.07, 6.45) is 6.93. The van der Waals surface area contributed by atoms with Crippen molar-refractivity contribution in [1.29, 1.82) is 0 Å². The van der Waals surface area contributed by atoms with Gasteiger partial charge in [-0.25, -0.2) is 0 Å². The van der Waals surface area contributed by atoms with Crippen LogP contribution in [-0.2, 0) is 9.59 Å². The van der Waals surface area contributed by atoms with Crippen molar-refractivity contribution >= 4 is 11.9 Å². The maximum atomic E-state index is 11.7. The van der Waals surface area contributed by atoms with Crippen LogP contribution >= 0.6 is 0 Å². The van der Waals surface area contributed by atoms with E-state index in [9.17, 15) is 9.59 Å². The van der Waals surface area contributed by atoms with E-state index >= 15 is 0 Å². The highest BCUT2D eigenvalue weighted by atomic mass is 16.4. The van der Waals surface area contributed by atoms with Gasteiger partial charge in [0.25, 0.3) is 0 Å². The van der Waals surface area contributed by atoms with Gasteiger partial charge in [0.05, 0.1) is 0 Å². The standard InChI is InChI=1S/C15H28N2O3/c1-12(5-8-15(19)20)9-11-17-14(18)7-6-13-4-2-3-10-16-13/h12-13,16H,2-11H2,1H3,(H,17,18)(H,19,20). The molecule has 116 valence electrons. The van der Waals surface area contributed by atoms with Crippen LogP contribution in [0, 0.1) is 5.92 Å². The summed E-state index contributed by atoms with van der Waals surface area (Å²) in [5.74, 6) is -0.296. The Balaban J connectivity index is 2.00. The number of amides is 1. The van der Waals surface area contributed by atoms with Crippen LogP contribution in [0.25, 0.3) is 0 Å². The third-order valence-electron chi connectivity index (χ3n) is 3.94. The minimum absolute atomic E-state index is 0.114. The molecular formula is C15H28N2O3. The summed E-state index contributed by atoms with van der Waals surface area (Å²) in [6.45, 7) is 3.76. The molecule has 0 aromatic carbocycles. The van der Waals surface area contributed by atoms with E-state index in [1.54, 1.807) is 0 Å². The fraction of sp³-hybridized carbons (Fsp3) is 0.867. The molecule has 0 aromatic rings. The second kappa shape index (κ2) is 9.75. The molecule has 1 saturated heterocycles. The Bertz CT molecular complexity index is 301. The Kier molecular flexibility index (Phi) is 8.26. The second-order valence-corrected chi connectivity index (χ2v) is 5.86. The number of carbonyl (C=O) groups excluding carboxylic acids is 1. The molecule has 1 aliphatic rings. The van der Waals surface area contributed by atoms with Crippen LogP contribution in [0.15, 0.2) is 0 Å². The quantitative estimate of drug-likeness (QED) is 0.604. The summed E-state index contributed by atoms with van der Waals surface area (Å²) in [5.41, 5.74) is 0. The number of carboxylic acids is 1. The first kappa shape index (κ1) is 17.0. The molecule has 0 aliphatic carbocycles. The van der Waals surface area contributed by atoms with E-state index < -0.39 is 5.97 Å². The summed E-state index contributed by atoms with van der Waals surface area (Å²) in [7, 11) is 0. The van der Waals surface area contributed by atoms with Gasteiger partial charge in [-0.1, -0.05) is 13.3 Å². The predicted octanol–water partition coefficient (Wildman–Crippen LogP) is 1.92. The third kappa shape index (κ3) is 8.15. The van der Waals surface area contributed by atoms with Crippen LogP contribution in [0.2, 0.25) is 0 Å². The molecule has 1 fully saturated rings. The molecule has 2 unspecified atom stereocenters. The summed E-state index contributed by atoms with van der Waals surface area (Å²) in [4.78, 5) is 22.1. The highest BCUT2D eigenvalue weighted by Crippen LogP contribution is 2.12. The van der Waals surface area contributed by atoms with Gasteiger partial charge in [-0.3, -0.25) is 9.59 Å². The summed E-state index contributed by atoms with van der Waals surface area (Å²) in [5, 5.41) is 15.0. The van der Waals surface area contributed by atoms with Gasteiger partial charge in [0, 0.05) is 25.4 Å². The van der Waals surface area contributed by atoms with Crippen molar-refractivity contribution in [3.8, 4) is 0 Å². The molecule has 5 nitrogen and oxygen atoms in total. The molecule has 3 N–H and O–H groups in total. The lowest BCUT2D eigenvalue weighted by atomic mass is 10.00. The largest absolute Gasteiger partial charge is 0.481 e. The normalized spacial score (nSPS) is 20.4. The zero-order valence-corrected chi connectivity index (χ0v) is 12.5. The van der Waals surface area contributed by atoms with Gasteiger partial charge in [-0.05, 0) is 44.6 Å². The second-order valence-electron chi connectivity index (χ2n) is 5.86. The van der Waals surface area contributed by atoms with Crippen LogP contribution < -0.4 is 10.6 Å². The number of aliphatic carboxylic acids is 1. The van der Waals surface area contributed by atoms with Crippen LogP contribution in [0.3, 0.4) is 0 Å². The molecule has 1 rings (SSSR count). The Labute approximate surface area is 121 Å². The van der Waals surface area contributed by atoms with E-state index in [1.807, 2.05) is 6.92 Å². The van der Waals surface area contributed by atoms with Crippen LogP contribution in [0.1, 0.15) is 58.3 Å². The van der Waals surface area contributed by atoms with Crippen molar-refractivity contribution in [3.05, 3.63) is 0 Å². The maximum Gasteiger partial charge on any atom is 0.303 e. The van der Waals surface area contributed by atoms with Crippen molar-refractivity contribution in [2.45, 2.75) is 64.3 Å². The van der Waals surface area contributed by atoms with Crippen molar-refractivity contribution in [2.24, 2.45) is 5.92 Å². The van der Waals surface area contributed by atoms with Crippen molar-refractivity contribution in [2.75, 3.05) is 13.1 Å². The first-order chi connectivity index (χ1) is 9.58. The molecule has 1 heterocycles. The number of hydrogen-bond donors (Lipinski definition) is 3. The maximum absolute atomic E-state index is 11.7. The lowest BCUT2D eigenvalue weighted by Crippen LogP contribution is -2.35. The van der Waals surface area contributed by atoms with Crippen molar-refractivity contribution in [3.63, 3.8) is 0 Å². The average Bonchev–Trinajstić information content (AvgIpc) is 2.44. The predicted molar refractivity (Wildman–Crippen MR) is 78.5 cm³/mol. The first-order valence-corrected chi connectivity index (χ1v) is 7.80. The minimum Gasteiger partial charge on any atom is -0.481 e. The topological polar surface area (TPSA) is 78.4 Å². The van der Waals surface area contributed by atoms with Gasteiger partial charge in [0.1, 0.15) is 0 Å². The number of carboxylic acid groups (broad SMARTS) is 1. The number of rotatable bonds is 9. The van der Waals surface area contributed by atoms with Gasteiger partial charge in [-0.15, -0.1) is 0 Å². The Hall–Kier alpha value is -1.10. The molecule has 0 saturated carbocycles. The van der Waals surface area contributed by atoms with Gasteiger partial charge < -0.3 is 15.7 Å². The number of hydrogen-bond acceptors (Lipinski definition) is 3. The molecule has 1 amide bonds. The van der Waals surface area contributed by atoms with E-state index in [2.05, 4.69) is 10.6 Å². The van der Waals surface area contributed by atoms with Crippen LogP contribution in [0.5, 0.6) is 0 Å². The number of piperidine rings is 1. The van der Waals surface area contributed by atoms with Crippen LogP contribution in [-0.4, -0.2) is 36.1 Å². The molecule has 2 atom stereocenters. The first-order valence-electron chi connectivity index (χ1n) is 7.80. The Morgan fingerprint density at radius 3 is 2.75 bits per heavy atom. The molecule has 5 heteroatoms. The zero-order chi connectivity index (χ0) is 14.8. The number of nitrogens with one attached hydrogen (secondary N) is 2. The summed E-state index contributed by atoms with van der Waals surface area (Å²) >= 11 is 0. The molecule has 0 aromatic heterocycles. The van der Waals surface area contributed by atoms with E-state index in [-0.39, 0.29) is 12.3 Å². The van der Waals surface area contributed by atoms with E-state index in [0.717, 1.165) is 19.4 Å². The van der Waals surface area contributed by atoms with Crippen molar-refractivity contribution < 1.29 is 14.7 Å². The monoisotopic (exact) mass is 284 g/mol. The fourth-order valence-corrected chi connectivity index (χ4v) is 2.54. The van der Waals surface area contributed by atoms with E-state index in [4.69, 9.17) is 5.11 Å². The highest BCUT2D eigenvalue weighted by Gasteiger charge is 2.14. The van der Waals surface area contributed by atoms with Gasteiger partial charge in [-0.2, -0.15) is 0 Å². The molecule has 0 radical (unpaired) electrons. The van der Waals surface area contributed by atoms with Gasteiger partial charge >= 0.3 is 5.97 Å². The highest BCUT2D eigenvalue weighted by molar-refractivity contribution is 5.75. The fourth-order valence-electron chi connectivity index (χ4n) is 2.54. The van der Waals surface area contributed by atoms with Crippen LogP contribution in [0.4, 0.5) is 0 Å². The smallest absolute Gasteiger partial charge is 0.303 e. The lowest BCUT2D eigenvalue weighted by molar-refractivity contribution is -0.137. The summed E-state index contributed by atoms with van der Waals surface area (Å²) in [6, 6.07) is 0.504. The molecular weight excluding hydrogens is 256 g/mol. The van der Waals surface area contributed by atoms with Gasteiger partial charge in [0.2, 0.25) is 5.91 Å². The Morgan fingerprint density at radius 2 is 2.10 bits per heavy atom. The minimum atomic E-state index is -0.749. The molecule has 20 heavy (non-hydrogen) atoms. The molecule has 0 spiro atoms. The Morgan fingerprint density at radius 1 is 1.30 bits per heavy atom. The number of carbonyl (C=O) groups is 2. The SMILES string of the molecule is CC(CCNC(=O)CCC1CCCCN1)CCC(=O)O. The van der Waals surface area contributed by atoms with Crippen molar-refractivity contribution in [1.82, 2.24) is 10.6 Å². The van der Waals surface area contributed by atoms with E-state index in [0.29, 0.717) is 31.3 Å². The molecule has 1 aliphatic heterocycles. The lowest BCUT2D eigenvalue weighted by Gasteiger charge is -2.23. The van der Waals surface area contributed by atoms with Gasteiger partial charge in [0.15, 0.2) is 0 Å². The third-order valence-corrected chi connectivity index (χ3v) is 3.94. The molecule has 0 bridgehead atoms. The average molecular weight is 284 g/mol.